The van der Waals surface area contributed by atoms with E-state index in [2.05, 4.69) is 38.1 Å². The van der Waals surface area contributed by atoms with Crippen LogP contribution in [0.4, 0.5) is 0 Å². The molecule has 2 rings (SSSR count). The molecule has 2 aromatic rings. The molecule has 2 aromatic carbocycles. The van der Waals surface area contributed by atoms with Gasteiger partial charge in [-0.2, -0.15) is 0 Å². The molecular weight excluding hydrogens is 633 g/mol. The summed E-state index contributed by atoms with van der Waals surface area (Å²) in [7, 11) is 6.93. The third kappa shape index (κ3) is 18.3. The van der Waals surface area contributed by atoms with Crippen molar-refractivity contribution < 1.29 is 24.1 Å². The fourth-order valence-electron chi connectivity index (χ4n) is 7.48. The van der Waals surface area contributed by atoms with Gasteiger partial charge in [-0.15, -0.1) is 0 Å². The van der Waals surface area contributed by atoms with Crippen molar-refractivity contribution in [2.45, 2.75) is 193 Å². The number of aliphatic hydroxyl groups excluding tert-OH is 1. The second-order valence-corrected chi connectivity index (χ2v) is 14.9. The number of hydrogen-bond acceptors (Lipinski definition) is 5. The molecule has 0 fully saturated rings. The number of aliphatic hydroxyl groups is 1. The molecule has 0 spiro atoms. The third-order valence-electron chi connectivity index (χ3n) is 10.6. The Labute approximate surface area is 314 Å². The topological polar surface area (TPSA) is 57.2 Å². The summed E-state index contributed by atoms with van der Waals surface area (Å²) in [4.78, 5) is 0. The molecule has 0 radical (unpaired) electrons. The molecule has 0 aliphatic heterocycles. The van der Waals surface area contributed by atoms with Crippen molar-refractivity contribution in [3.63, 3.8) is 0 Å². The molecule has 292 valence electrons. The molecule has 0 amide bonds. The molecule has 51 heavy (non-hydrogen) atoms. The molecular formula is C46H78O5. The zero-order valence-corrected chi connectivity index (χ0v) is 34.1. The van der Waals surface area contributed by atoms with E-state index < -0.39 is 0 Å². The van der Waals surface area contributed by atoms with E-state index in [-0.39, 0.29) is 6.10 Å². The number of rotatable bonds is 33. The van der Waals surface area contributed by atoms with E-state index in [1.54, 1.807) is 28.4 Å². The third-order valence-corrected chi connectivity index (χ3v) is 10.6. The van der Waals surface area contributed by atoms with Crippen LogP contribution < -0.4 is 18.9 Å². The molecule has 0 aliphatic rings. The predicted octanol–water partition coefficient (Wildman–Crippen LogP) is 13.6. The summed E-state index contributed by atoms with van der Waals surface area (Å²) in [5.74, 6) is 3.22. The van der Waals surface area contributed by atoms with Gasteiger partial charge in [-0.25, -0.2) is 0 Å². The van der Waals surface area contributed by atoms with Gasteiger partial charge in [-0.05, 0) is 85.0 Å². The minimum absolute atomic E-state index is 0.127. The number of unbranched alkanes of at least 4 members (excludes halogenated alkanes) is 20. The summed E-state index contributed by atoms with van der Waals surface area (Å²) in [6.07, 6.45) is 33.3. The summed E-state index contributed by atoms with van der Waals surface area (Å²) < 4.78 is 23.5. The first-order valence-electron chi connectivity index (χ1n) is 21.2. The van der Waals surface area contributed by atoms with Gasteiger partial charge >= 0.3 is 0 Å². The van der Waals surface area contributed by atoms with E-state index in [4.69, 9.17) is 18.9 Å². The van der Waals surface area contributed by atoms with Crippen molar-refractivity contribution >= 4 is 0 Å². The Balaban J connectivity index is 1.92. The standard InChI is InChI=1S/C46H78O5/c1-7-9-11-13-14-15-16-17-18-19-20-23-26-30-38-34-40(36-43(48-3)45(38)50-5)41-35-39(46(51-6)44(37-41)49-4)31-27-24-21-25-29-33-42(47)32-28-22-12-10-8-2/h34-37,42,47H,7-33H2,1-6H3. The van der Waals surface area contributed by atoms with Gasteiger partial charge in [-0.1, -0.05) is 149 Å². The highest BCUT2D eigenvalue weighted by atomic mass is 16.5. The van der Waals surface area contributed by atoms with Crippen LogP contribution in [0.15, 0.2) is 24.3 Å². The summed E-state index contributed by atoms with van der Waals surface area (Å²) in [5, 5.41) is 10.3. The SMILES string of the molecule is CCCCCCCCCCCCCCCc1cc(-c2cc(CCCCCCCC(O)CCCCCCC)c(OC)c(OC)c2)cc(OC)c1OC. The lowest BCUT2D eigenvalue weighted by Crippen LogP contribution is -2.05. The maximum absolute atomic E-state index is 10.3. The molecule has 0 heterocycles. The van der Waals surface area contributed by atoms with Crippen LogP contribution >= 0.6 is 0 Å². The highest BCUT2D eigenvalue weighted by Crippen LogP contribution is 2.41. The zero-order chi connectivity index (χ0) is 36.9. The lowest BCUT2D eigenvalue weighted by molar-refractivity contribution is 0.147. The monoisotopic (exact) mass is 711 g/mol. The highest BCUT2D eigenvalue weighted by molar-refractivity contribution is 5.73. The van der Waals surface area contributed by atoms with E-state index in [0.29, 0.717) is 0 Å². The lowest BCUT2D eigenvalue weighted by Gasteiger charge is -2.18. The smallest absolute Gasteiger partial charge is 0.163 e. The average molecular weight is 711 g/mol. The summed E-state index contributed by atoms with van der Waals surface area (Å²) >= 11 is 0. The van der Waals surface area contributed by atoms with Gasteiger partial charge < -0.3 is 24.1 Å². The summed E-state index contributed by atoms with van der Waals surface area (Å²) in [6, 6.07) is 8.74. The zero-order valence-electron chi connectivity index (χ0n) is 34.1. The molecule has 1 unspecified atom stereocenters. The Bertz CT molecular complexity index is 1140. The maximum Gasteiger partial charge on any atom is 0.163 e. The van der Waals surface area contributed by atoms with Crippen LogP contribution in [0.5, 0.6) is 23.0 Å². The first-order chi connectivity index (χ1) is 25.0. The fourth-order valence-corrected chi connectivity index (χ4v) is 7.48. The van der Waals surface area contributed by atoms with Crippen LogP contribution in [0.3, 0.4) is 0 Å². The van der Waals surface area contributed by atoms with Crippen molar-refractivity contribution in [1.82, 2.24) is 0 Å². The van der Waals surface area contributed by atoms with Crippen molar-refractivity contribution in [1.29, 1.82) is 0 Å². The molecule has 0 aromatic heterocycles. The molecule has 1 N–H and O–H groups in total. The van der Waals surface area contributed by atoms with Crippen LogP contribution in [0.1, 0.15) is 185 Å². The van der Waals surface area contributed by atoms with Crippen LogP contribution in [-0.2, 0) is 12.8 Å². The second-order valence-electron chi connectivity index (χ2n) is 14.9. The minimum atomic E-state index is -0.127. The van der Waals surface area contributed by atoms with E-state index in [9.17, 15) is 5.11 Å². The highest BCUT2D eigenvalue weighted by Gasteiger charge is 2.18. The summed E-state index contributed by atoms with van der Waals surface area (Å²) in [6.45, 7) is 4.53. The van der Waals surface area contributed by atoms with Crippen LogP contribution in [0.25, 0.3) is 11.1 Å². The van der Waals surface area contributed by atoms with Gasteiger partial charge in [0.15, 0.2) is 23.0 Å². The van der Waals surface area contributed by atoms with Crippen molar-refractivity contribution in [2.24, 2.45) is 0 Å². The van der Waals surface area contributed by atoms with Crippen molar-refractivity contribution in [2.75, 3.05) is 28.4 Å². The number of hydrogen-bond donors (Lipinski definition) is 1. The lowest BCUT2D eigenvalue weighted by atomic mass is 9.95. The van der Waals surface area contributed by atoms with Crippen LogP contribution in [0.2, 0.25) is 0 Å². The molecule has 5 heteroatoms. The van der Waals surface area contributed by atoms with E-state index in [0.717, 1.165) is 85.5 Å². The Kier molecular flexibility index (Phi) is 25.5. The van der Waals surface area contributed by atoms with Gasteiger partial charge in [0.2, 0.25) is 0 Å². The Morgan fingerprint density at radius 1 is 0.412 bits per heavy atom. The Morgan fingerprint density at radius 2 is 0.725 bits per heavy atom. The number of aryl methyl sites for hydroxylation is 2. The van der Waals surface area contributed by atoms with E-state index >= 15 is 0 Å². The van der Waals surface area contributed by atoms with Crippen LogP contribution in [-0.4, -0.2) is 39.6 Å². The summed E-state index contributed by atoms with van der Waals surface area (Å²) in [5.41, 5.74) is 4.61. The Hall–Kier alpha value is -2.40. The number of benzene rings is 2. The van der Waals surface area contributed by atoms with Gasteiger partial charge in [0.25, 0.3) is 0 Å². The van der Waals surface area contributed by atoms with Gasteiger partial charge in [0, 0.05) is 0 Å². The molecule has 5 nitrogen and oxygen atoms in total. The molecule has 0 bridgehead atoms. The largest absolute Gasteiger partial charge is 0.493 e. The van der Waals surface area contributed by atoms with Gasteiger partial charge in [0.1, 0.15) is 0 Å². The van der Waals surface area contributed by atoms with Gasteiger partial charge in [0.05, 0.1) is 34.5 Å². The second kappa shape index (κ2) is 29.1. The predicted molar refractivity (Wildman–Crippen MR) is 218 cm³/mol. The average Bonchev–Trinajstić information content (AvgIpc) is 3.15. The van der Waals surface area contributed by atoms with Crippen LogP contribution in [0, 0.1) is 0 Å². The molecule has 1 atom stereocenters. The first-order valence-corrected chi connectivity index (χ1v) is 21.2. The molecule has 0 aliphatic carbocycles. The van der Waals surface area contributed by atoms with Gasteiger partial charge in [-0.3, -0.25) is 0 Å². The number of methoxy groups -OCH3 is 4. The normalized spacial score (nSPS) is 11.9. The first kappa shape index (κ1) is 44.8. The molecule has 0 saturated heterocycles. The van der Waals surface area contributed by atoms with E-state index in [1.165, 1.54) is 133 Å². The quantitative estimate of drug-likeness (QED) is 0.0747. The maximum atomic E-state index is 10.3. The Morgan fingerprint density at radius 3 is 1.04 bits per heavy atom. The van der Waals surface area contributed by atoms with Crippen molar-refractivity contribution in [3.8, 4) is 34.1 Å². The number of ether oxygens (including phenoxy) is 4. The van der Waals surface area contributed by atoms with E-state index in [1.807, 2.05) is 0 Å². The molecule has 0 saturated carbocycles. The minimum Gasteiger partial charge on any atom is -0.493 e. The fraction of sp³-hybridized carbons (Fsp3) is 0.739. The van der Waals surface area contributed by atoms with Crippen molar-refractivity contribution in [3.05, 3.63) is 35.4 Å².